The Balaban J connectivity index is 3.27. The van der Waals surface area contributed by atoms with E-state index in [1.807, 2.05) is 0 Å². The Hall–Kier alpha value is -2.26. The number of anilines is 1. The van der Waals surface area contributed by atoms with Gasteiger partial charge >= 0.3 is 5.97 Å². The third kappa shape index (κ3) is 2.95. The van der Waals surface area contributed by atoms with E-state index >= 15 is 0 Å². The van der Waals surface area contributed by atoms with Crippen molar-refractivity contribution in [2.75, 3.05) is 12.8 Å². The maximum absolute atomic E-state index is 13.2. The van der Waals surface area contributed by atoms with Crippen LogP contribution in [0.1, 0.15) is 11.7 Å². The van der Waals surface area contributed by atoms with Crippen LogP contribution in [0.4, 0.5) is 15.8 Å². The molecule has 4 N–H and O–H groups in total. The van der Waals surface area contributed by atoms with Gasteiger partial charge in [-0.2, -0.15) is 0 Å². The number of nitrogen functional groups attached to an aromatic ring is 1. The quantitative estimate of drug-likeness (QED) is 0.301. The SMILES string of the molecule is COC(=O)C(O)C(O)c1cc(F)cc([N+](=O)[O-])c1N. The van der Waals surface area contributed by atoms with Crippen LogP contribution in [0.25, 0.3) is 0 Å². The lowest BCUT2D eigenvalue weighted by molar-refractivity contribution is -0.384. The Labute approximate surface area is 106 Å². The highest BCUT2D eigenvalue weighted by Crippen LogP contribution is 2.32. The van der Waals surface area contributed by atoms with Gasteiger partial charge in [0.1, 0.15) is 17.6 Å². The van der Waals surface area contributed by atoms with E-state index < -0.39 is 45.9 Å². The summed E-state index contributed by atoms with van der Waals surface area (Å²) in [6.07, 6.45) is -3.98. The molecule has 0 aromatic heterocycles. The molecule has 8 nitrogen and oxygen atoms in total. The van der Waals surface area contributed by atoms with Gasteiger partial charge in [-0.1, -0.05) is 0 Å². The van der Waals surface area contributed by atoms with Gasteiger partial charge in [-0.3, -0.25) is 10.1 Å². The van der Waals surface area contributed by atoms with E-state index in [4.69, 9.17) is 5.73 Å². The van der Waals surface area contributed by atoms with E-state index in [0.29, 0.717) is 12.1 Å². The molecule has 0 radical (unpaired) electrons. The Kier molecular flexibility index (Phi) is 4.35. The Morgan fingerprint density at radius 2 is 2.11 bits per heavy atom. The molecule has 2 unspecified atom stereocenters. The van der Waals surface area contributed by atoms with Crippen molar-refractivity contribution in [2.45, 2.75) is 12.2 Å². The molecule has 0 bridgehead atoms. The van der Waals surface area contributed by atoms with E-state index in [1.54, 1.807) is 0 Å². The first kappa shape index (κ1) is 14.8. The number of halogens is 1. The molecular weight excluding hydrogens is 263 g/mol. The van der Waals surface area contributed by atoms with Gasteiger partial charge in [-0.15, -0.1) is 0 Å². The summed E-state index contributed by atoms with van der Waals surface area (Å²) >= 11 is 0. The number of esters is 1. The molecular formula is C10H11FN2O6. The van der Waals surface area contributed by atoms with Crippen LogP contribution in [0.15, 0.2) is 12.1 Å². The molecule has 0 spiro atoms. The predicted octanol–water partition coefficient (Wildman–Crippen LogP) is -0.117. The summed E-state index contributed by atoms with van der Waals surface area (Å²) < 4.78 is 17.4. The number of nitrogens with two attached hydrogens (primary N) is 1. The molecule has 0 saturated carbocycles. The van der Waals surface area contributed by atoms with Gasteiger partial charge in [-0.25, -0.2) is 9.18 Å². The average Bonchev–Trinajstić information content (AvgIpc) is 2.37. The Bertz CT molecular complexity index is 521. The molecule has 1 aromatic carbocycles. The maximum atomic E-state index is 13.2. The number of methoxy groups -OCH3 is 1. The van der Waals surface area contributed by atoms with Gasteiger partial charge in [0.15, 0.2) is 6.10 Å². The molecule has 19 heavy (non-hydrogen) atoms. The second-order valence-electron chi connectivity index (χ2n) is 3.60. The molecule has 9 heteroatoms. The number of carbonyl (C=O) groups excluding carboxylic acids is 1. The van der Waals surface area contributed by atoms with Crippen LogP contribution >= 0.6 is 0 Å². The minimum atomic E-state index is -2.03. The number of carbonyl (C=O) groups is 1. The van der Waals surface area contributed by atoms with Crippen LogP contribution in [-0.4, -0.2) is 34.3 Å². The number of benzene rings is 1. The van der Waals surface area contributed by atoms with Crippen molar-refractivity contribution >= 4 is 17.3 Å². The Morgan fingerprint density at radius 1 is 1.53 bits per heavy atom. The number of rotatable bonds is 4. The summed E-state index contributed by atoms with van der Waals surface area (Å²) in [6, 6.07) is 1.26. The van der Waals surface area contributed by atoms with Crippen molar-refractivity contribution in [3.63, 3.8) is 0 Å². The summed E-state index contributed by atoms with van der Waals surface area (Å²) in [4.78, 5) is 20.7. The van der Waals surface area contributed by atoms with Gasteiger partial charge in [0.25, 0.3) is 5.69 Å². The highest BCUT2D eigenvalue weighted by molar-refractivity contribution is 5.76. The van der Waals surface area contributed by atoms with Crippen molar-refractivity contribution in [1.29, 1.82) is 0 Å². The minimum absolute atomic E-state index is 0.468. The van der Waals surface area contributed by atoms with Crippen LogP contribution in [0.5, 0.6) is 0 Å². The first-order valence-electron chi connectivity index (χ1n) is 4.96. The summed E-state index contributed by atoms with van der Waals surface area (Å²) in [7, 11) is 0.968. The molecule has 1 rings (SSSR count). The molecule has 2 atom stereocenters. The maximum Gasteiger partial charge on any atom is 0.337 e. The first-order valence-corrected chi connectivity index (χ1v) is 4.96. The second-order valence-corrected chi connectivity index (χ2v) is 3.60. The largest absolute Gasteiger partial charge is 0.467 e. The van der Waals surface area contributed by atoms with Crippen molar-refractivity contribution in [2.24, 2.45) is 0 Å². The van der Waals surface area contributed by atoms with Crippen molar-refractivity contribution < 1.29 is 29.1 Å². The minimum Gasteiger partial charge on any atom is -0.467 e. The van der Waals surface area contributed by atoms with Gasteiger partial charge in [-0.05, 0) is 6.07 Å². The van der Waals surface area contributed by atoms with E-state index in [2.05, 4.69) is 4.74 Å². The monoisotopic (exact) mass is 274 g/mol. The fraction of sp³-hybridized carbons (Fsp3) is 0.300. The van der Waals surface area contributed by atoms with Crippen LogP contribution in [-0.2, 0) is 9.53 Å². The fourth-order valence-corrected chi connectivity index (χ4v) is 1.44. The van der Waals surface area contributed by atoms with E-state index in [0.717, 1.165) is 7.11 Å². The number of ether oxygens (including phenoxy) is 1. The summed E-state index contributed by atoms with van der Waals surface area (Å²) in [5.41, 5.74) is 3.62. The number of hydrogen-bond donors (Lipinski definition) is 3. The molecule has 0 amide bonds. The number of aliphatic hydroxyl groups is 2. The summed E-state index contributed by atoms with van der Waals surface area (Å²) in [5.74, 6) is -2.22. The van der Waals surface area contributed by atoms with Crippen molar-refractivity contribution in [3.8, 4) is 0 Å². The number of nitro benzene ring substituents is 1. The van der Waals surface area contributed by atoms with Gasteiger partial charge in [0, 0.05) is 5.56 Å². The van der Waals surface area contributed by atoms with Crippen molar-refractivity contribution in [3.05, 3.63) is 33.6 Å². The zero-order chi connectivity index (χ0) is 14.7. The van der Waals surface area contributed by atoms with Gasteiger partial charge in [0.05, 0.1) is 18.1 Å². The molecule has 1 aromatic rings. The third-order valence-corrected chi connectivity index (χ3v) is 2.41. The molecule has 0 saturated heterocycles. The molecule has 0 aliphatic rings. The van der Waals surface area contributed by atoms with E-state index in [-0.39, 0.29) is 0 Å². The van der Waals surface area contributed by atoms with Gasteiger partial charge in [0.2, 0.25) is 0 Å². The lowest BCUT2D eigenvalue weighted by Gasteiger charge is -2.17. The van der Waals surface area contributed by atoms with Crippen LogP contribution < -0.4 is 5.73 Å². The average molecular weight is 274 g/mol. The number of hydrogen-bond acceptors (Lipinski definition) is 7. The fourth-order valence-electron chi connectivity index (χ4n) is 1.44. The smallest absolute Gasteiger partial charge is 0.337 e. The van der Waals surface area contributed by atoms with E-state index in [1.165, 1.54) is 0 Å². The standard InChI is InChI=1S/C10H11FN2O6/c1-19-10(16)9(15)8(14)5-2-4(11)3-6(7(5)12)13(17)18/h2-3,8-9,14-15H,12H2,1H3. The van der Waals surface area contributed by atoms with Crippen LogP contribution in [0, 0.1) is 15.9 Å². The number of nitrogens with zero attached hydrogens (tertiary/aromatic N) is 1. The lowest BCUT2D eigenvalue weighted by Crippen LogP contribution is -2.29. The first-order chi connectivity index (χ1) is 8.79. The zero-order valence-corrected chi connectivity index (χ0v) is 9.74. The highest BCUT2D eigenvalue weighted by Gasteiger charge is 2.31. The van der Waals surface area contributed by atoms with E-state index in [9.17, 15) is 29.5 Å². The molecule has 0 aliphatic heterocycles. The molecule has 104 valence electrons. The number of nitro groups is 1. The Morgan fingerprint density at radius 3 is 2.58 bits per heavy atom. The summed E-state index contributed by atoms with van der Waals surface area (Å²) in [5, 5.41) is 29.7. The lowest BCUT2D eigenvalue weighted by atomic mass is 10.0. The second kappa shape index (κ2) is 5.59. The predicted molar refractivity (Wildman–Crippen MR) is 60.4 cm³/mol. The zero-order valence-electron chi connectivity index (χ0n) is 9.74. The van der Waals surface area contributed by atoms with Crippen LogP contribution in [0.3, 0.4) is 0 Å². The van der Waals surface area contributed by atoms with Crippen LogP contribution in [0.2, 0.25) is 0 Å². The normalized spacial score (nSPS) is 13.7. The topological polar surface area (TPSA) is 136 Å². The highest BCUT2D eigenvalue weighted by atomic mass is 19.1. The molecule has 0 aliphatic carbocycles. The van der Waals surface area contributed by atoms with Gasteiger partial charge < -0.3 is 20.7 Å². The summed E-state index contributed by atoms with van der Waals surface area (Å²) in [6.45, 7) is 0. The molecule has 0 fully saturated rings. The van der Waals surface area contributed by atoms with Crippen molar-refractivity contribution in [1.82, 2.24) is 0 Å². The molecule has 0 heterocycles. The third-order valence-electron chi connectivity index (χ3n) is 2.41. The number of aliphatic hydroxyl groups excluding tert-OH is 2.